The van der Waals surface area contributed by atoms with Crippen molar-refractivity contribution in [1.82, 2.24) is 14.1 Å². The van der Waals surface area contributed by atoms with Crippen molar-refractivity contribution >= 4 is 15.9 Å². The molecule has 2 aliphatic heterocycles. The van der Waals surface area contributed by atoms with Gasteiger partial charge in [0.05, 0.1) is 11.0 Å². The SMILES string of the molecule is Cc1cc(C)c(S(=O)(=O)N2CCCC2C(=O)N2CCN(C(C#N)c3ccccc3)CC2)c(C)c1. The summed E-state index contributed by atoms with van der Waals surface area (Å²) in [6.07, 6.45) is 1.21. The Bertz CT molecular complexity index is 1180. The lowest BCUT2D eigenvalue weighted by atomic mass is 10.1. The molecule has 2 aliphatic rings. The molecule has 2 saturated heterocycles. The highest BCUT2D eigenvalue weighted by molar-refractivity contribution is 7.89. The van der Waals surface area contributed by atoms with Crippen molar-refractivity contribution in [2.24, 2.45) is 0 Å². The quantitative estimate of drug-likeness (QED) is 0.656. The van der Waals surface area contributed by atoms with Crippen molar-refractivity contribution in [3.05, 3.63) is 64.7 Å². The fraction of sp³-hybridized carbons (Fsp3) is 0.462. The van der Waals surface area contributed by atoms with Crippen molar-refractivity contribution in [1.29, 1.82) is 5.26 Å². The molecule has 0 saturated carbocycles. The Balaban J connectivity index is 1.48. The zero-order valence-corrected chi connectivity index (χ0v) is 20.9. The van der Waals surface area contributed by atoms with Gasteiger partial charge in [0.15, 0.2) is 0 Å². The van der Waals surface area contributed by atoms with Crippen LogP contribution in [0, 0.1) is 32.1 Å². The molecule has 0 N–H and O–H groups in total. The third-order valence-corrected chi connectivity index (χ3v) is 9.10. The lowest BCUT2D eigenvalue weighted by Crippen LogP contribution is -2.54. The van der Waals surface area contributed by atoms with Crippen molar-refractivity contribution in [3.8, 4) is 6.07 Å². The van der Waals surface area contributed by atoms with Gasteiger partial charge in [-0.25, -0.2) is 8.42 Å². The van der Waals surface area contributed by atoms with Gasteiger partial charge in [-0.15, -0.1) is 0 Å². The van der Waals surface area contributed by atoms with Gasteiger partial charge in [-0.1, -0.05) is 48.0 Å². The number of carbonyl (C=O) groups excluding carboxylic acids is 1. The summed E-state index contributed by atoms with van der Waals surface area (Å²) >= 11 is 0. The van der Waals surface area contributed by atoms with Crippen LogP contribution < -0.4 is 0 Å². The van der Waals surface area contributed by atoms with Crippen LogP contribution in [0.5, 0.6) is 0 Å². The summed E-state index contributed by atoms with van der Waals surface area (Å²) in [5.74, 6) is -0.128. The Kier molecular flexibility index (Phi) is 7.08. The second-order valence-electron chi connectivity index (χ2n) is 9.31. The smallest absolute Gasteiger partial charge is 0.244 e. The number of piperazine rings is 1. The third kappa shape index (κ3) is 4.61. The van der Waals surface area contributed by atoms with Crippen LogP contribution in [0.2, 0.25) is 0 Å². The van der Waals surface area contributed by atoms with Crippen LogP contribution in [0.4, 0.5) is 0 Å². The van der Waals surface area contributed by atoms with E-state index in [4.69, 9.17) is 0 Å². The molecule has 4 rings (SSSR count). The van der Waals surface area contributed by atoms with Crippen molar-refractivity contribution < 1.29 is 13.2 Å². The van der Waals surface area contributed by atoms with Gasteiger partial charge in [0.2, 0.25) is 15.9 Å². The number of hydrogen-bond acceptors (Lipinski definition) is 5. The van der Waals surface area contributed by atoms with Crippen LogP contribution in [0.3, 0.4) is 0 Å². The minimum atomic E-state index is -3.78. The first-order valence-electron chi connectivity index (χ1n) is 11.8. The number of nitriles is 1. The maximum absolute atomic E-state index is 13.6. The van der Waals surface area contributed by atoms with Crippen LogP contribution in [-0.4, -0.2) is 67.2 Å². The molecule has 0 aromatic heterocycles. The van der Waals surface area contributed by atoms with Gasteiger partial charge in [0.1, 0.15) is 12.1 Å². The maximum atomic E-state index is 13.6. The second-order valence-corrected chi connectivity index (χ2v) is 11.1. The Morgan fingerprint density at radius 2 is 1.62 bits per heavy atom. The maximum Gasteiger partial charge on any atom is 0.244 e. The zero-order chi connectivity index (χ0) is 24.5. The number of nitrogens with zero attached hydrogens (tertiary/aromatic N) is 4. The summed E-state index contributed by atoms with van der Waals surface area (Å²) in [6.45, 7) is 8.06. The first-order valence-corrected chi connectivity index (χ1v) is 13.2. The minimum Gasteiger partial charge on any atom is -0.339 e. The first-order chi connectivity index (χ1) is 16.2. The summed E-state index contributed by atoms with van der Waals surface area (Å²) in [6, 6.07) is 14.8. The monoisotopic (exact) mass is 480 g/mol. The Labute approximate surface area is 202 Å². The van der Waals surface area contributed by atoms with Crippen molar-refractivity contribution in [2.45, 2.75) is 50.6 Å². The molecule has 2 atom stereocenters. The molecule has 1 amide bonds. The van der Waals surface area contributed by atoms with Crippen LogP contribution in [0.25, 0.3) is 0 Å². The predicted octanol–water partition coefficient (Wildman–Crippen LogP) is 3.17. The number of benzene rings is 2. The standard InChI is InChI=1S/C26H32N4O3S/c1-19-16-20(2)25(21(3)17-19)34(32,33)30-11-7-10-23(30)26(31)29-14-12-28(13-15-29)24(18-27)22-8-5-4-6-9-22/h4-6,8-9,16-17,23-24H,7,10-15H2,1-3H3. The zero-order valence-electron chi connectivity index (χ0n) is 20.1. The number of aryl methyl sites for hydroxylation is 3. The summed E-state index contributed by atoms with van der Waals surface area (Å²) in [4.78, 5) is 17.6. The summed E-state index contributed by atoms with van der Waals surface area (Å²) in [7, 11) is -3.78. The topological polar surface area (TPSA) is 84.7 Å². The summed E-state index contributed by atoms with van der Waals surface area (Å²) in [5, 5.41) is 9.73. The van der Waals surface area contributed by atoms with Gasteiger partial charge >= 0.3 is 0 Å². The molecule has 0 aliphatic carbocycles. The number of sulfonamides is 1. The number of amides is 1. The van der Waals surface area contributed by atoms with Gasteiger partial charge in [-0.3, -0.25) is 9.69 Å². The fourth-order valence-electron chi connectivity index (χ4n) is 5.38. The average molecular weight is 481 g/mol. The van der Waals surface area contributed by atoms with Gasteiger partial charge in [-0.05, 0) is 50.3 Å². The van der Waals surface area contributed by atoms with E-state index in [9.17, 15) is 18.5 Å². The lowest BCUT2D eigenvalue weighted by molar-refractivity contribution is -0.136. The lowest BCUT2D eigenvalue weighted by Gasteiger charge is -2.39. The van der Waals surface area contributed by atoms with Gasteiger partial charge in [0.25, 0.3) is 0 Å². The largest absolute Gasteiger partial charge is 0.339 e. The summed E-state index contributed by atoms with van der Waals surface area (Å²) in [5.41, 5.74) is 3.40. The van der Waals surface area contributed by atoms with Crippen LogP contribution in [0.15, 0.2) is 47.4 Å². The van der Waals surface area contributed by atoms with Gasteiger partial charge < -0.3 is 4.90 Å². The molecular weight excluding hydrogens is 448 g/mol. The van der Waals surface area contributed by atoms with E-state index in [1.165, 1.54) is 4.31 Å². The number of rotatable bonds is 5. The molecule has 8 heteroatoms. The van der Waals surface area contributed by atoms with E-state index in [-0.39, 0.29) is 11.9 Å². The van der Waals surface area contributed by atoms with E-state index in [0.717, 1.165) is 11.1 Å². The molecule has 7 nitrogen and oxygen atoms in total. The molecule has 0 radical (unpaired) electrons. The average Bonchev–Trinajstić information content (AvgIpc) is 3.30. The van der Waals surface area contributed by atoms with Crippen LogP contribution in [0.1, 0.15) is 41.1 Å². The Hall–Kier alpha value is -2.73. The third-order valence-electron chi connectivity index (χ3n) is 6.89. The van der Waals surface area contributed by atoms with Crippen molar-refractivity contribution in [2.75, 3.05) is 32.7 Å². The first kappa shape index (κ1) is 24.4. The Morgan fingerprint density at radius 1 is 1.00 bits per heavy atom. The second kappa shape index (κ2) is 9.87. The molecule has 2 aromatic rings. The van der Waals surface area contributed by atoms with Gasteiger partial charge in [0, 0.05) is 32.7 Å². The molecule has 180 valence electrons. The van der Waals surface area contributed by atoms with E-state index in [1.54, 1.807) is 4.90 Å². The van der Waals surface area contributed by atoms with Crippen LogP contribution in [-0.2, 0) is 14.8 Å². The molecular formula is C26H32N4O3S. The van der Waals surface area contributed by atoms with E-state index in [1.807, 2.05) is 63.2 Å². The summed E-state index contributed by atoms with van der Waals surface area (Å²) < 4.78 is 28.7. The molecule has 2 aromatic carbocycles. The molecule has 34 heavy (non-hydrogen) atoms. The fourth-order valence-corrected chi connectivity index (χ4v) is 7.45. The molecule has 2 unspecified atom stereocenters. The number of carbonyl (C=O) groups is 1. The van der Waals surface area contributed by atoms with E-state index in [0.29, 0.717) is 61.6 Å². The predicted molar refractivity (Wildman–Crippen MR) is 131 cm³/mol. The molecule has 0 spiro atoms. The highest BCUT2D eigenvalue weighted by Crippen LogP contribution is 2.32. The van der Waals surface area contributed by atoms with Crippen LogP contribution >= 0.6 is 0 Å². The molecule has 0 bridgehead atoms. The molecule has 2 heterocycles. The van der Waals surface area contributed by atoms with Crippen molar-refractivity contribution in [3.63, 3.8) is 0 Å². The molecule has 2 fully saturated rings. The Morgan fingerprint density at radius 3 is 2.21 bits per heavy atom. The van der Waals surface area contributed by atoms with Gasteiger partial charge in [-0.2, -0.15) is 9.57 Å². The minimum absolute atomic E-state index is 0.128. The normalized spacial score (nSPS) is 20.8. The highest BCUT2D eigenvalue weighted by atomic mass is 32.2. The van der Waals surface area contributed by atoms with E-state index >= 15 is 0 Å². The van der Waals surface area contributed by atoms with E-state index in [2.05, 4.69) is 11.0 Å². The van der Waals surface area contributed by atoms with E-state index < -0.39 is 16.1 Å². The number of hydrogen-bond donors (Lipinski definition) is 0. The highest BCUT2D eigenvalue weighted by Gasteiger charge is 2.42.